The van der Waals surface area contributed by atoms with E-state index in [2.05, 4.69) is 30.9 Å². The summed E-state index contributed by atoms with van der Waals surface area (Å²) in [6.07, 6.45) is 4.02. The van der Waals surface area contributed by atoms with Gasteiger partial charge < -0.3 is 4.90 Å². The Labute approximate surface area is 144 Å². The maximum atomic E-state index is 13.2. The lowest BCUT2D eigenvalue weighted by Gasteiger charge is -2.33. The summed E-state index contributed by atoms with van der Waals surface area (Å²) in [5, 5.41) is 0. The van der Waals surface area contributed by atoms with Crippen LogP contribution in [0.1, 0.15) is 50.7 Å². The van der Waals surface area contributed by atoms with E-state index in [0.717, 1.165) is 50.9 Å². The van der Waals surface area contributed by atoms with Gasteiger partial charge in [0, 0.05) is 13.0 Å². The second kappa shape index (κ2) is 7.06. The molecule has 3 rings (SSSR count). The van der Waals surface area contributed by atoms with Crippen molar-refractivity contribution in [3.8, 4) is 0 Å². The normalized spacial score (nSPS) is 23.4. The molecule has 24 heavy (non-hydrogen) atoms. The molecule has 4 heteroatoms. The van der Waals surface area contributed by atoms with Gasteiger partial charge in [-0.25, -0.2) is 0 Å². The van der Waals surface area contributed by atoms with Crippen LogP contribution in [0.3, 0.4) is 0 Å². The fourth-order valence-electron chi connectivity index (χ4n) is 4.35. The van der Waals surface area contributed by atoms with E-state index in [1.807, 2.05) is 12.1 Å². The van der Waals surface area contributed by atoms with Crippen molar-refractivity contribution in [2.45, 2.75) is 51.4 Å². The van der Waals surface area contributed by atoms with Crippen molar-refractivity contribution in [3.05, 3.63) is 35.4 Å². The van der Waals surface area contributed by atoms with Gasteiger partial charge in [-0.2, -0.15) is 0 Å². The largest absolute Gasteiger partial charge is 0.304 e. The second-order valence-electron chi connectivity index (χ2n) is 7.00. The van der Waals surface area contributed by atoms with E-state index in [-0.39, 0.29) is 11.8 Å². The molecule has 0 N–H and O–H groups in total. The standard InChI is InChI=1S/C20H28N2O2/c1-3-21(4-2)13-8-14-22-18(23)15-20(19(22)24)12-7-10-16-9-5-6-11-17(16)20/h5-6,9,11H,3-4,7-8,10,12-15H2,1-2H3/t20-/m1/s1. The minimum Gasteiger partial charge on any atom is -0.304 e. The van der Waals surface area contributed by atoms with Crippen molar-refractivity contribution in [1.82, 2.24) is 9.80 Å². The molecule has 0 aromatic heterocycles. The van der Waals surface area contributed by atoms with Crippen LogP contribution in [0.15, 0.2) is 24.3 Å². The average Bonchev–Trinajstić information content (AvgIpc) is 2.84. The summed E-state index contributed by atoms with van der Waals surface area (Å²) in [7, 11) is 0. The van der Waals surface area contributed by atoms with E-state index in [1.54, 1.807) is 0 Å². The molecule has 0 saturated carbocycles. The van der Waals surface area contributed by atoms with Crippen molar-refractivity contribution < 1.29 is 9.59 Å². The summed E-state index contributed by atoms with van der Waals surface area (Å²) in [6, 6.07) is 8.18. The minimum atomic E-state index is -0.582. The molecule has 2 aliphatic rings. The number of hydrogen-bond acceptors (Lipinski definition) is 3. The molecule has 1 saturated heterocycles. The van der Waals surface area contributed by atoms with Crippen LogP contribution in [0.4, 0.5) is 0 Å². The quantitative estimate of drug-likeness (QED) is 0.754. The van der Waals surface area contributed by atoms with Gasteiger partial charge >= 0.3 is 0 Å². The second-order valence-corrected chi connectivity index (χ2v) is 7.00. The van der Waals surface area contributed by atoms with Gasteiger partial charge in [-0.1, -0.05) is 38.1 Å². The van der Waals surface area contributed by atoms with Crippen LogP contribution in [0.2, 0.25) is 0 Å². The predicted octanol–water partition coefficient (Wildman–Crippen LogP) is 2.75. The number of imide groups is 1. The third-order valence-electron chi connectivity index (χ3n) is 5.74. The lowest BCUT2D eigenvalue weighted by Crippen LogP contribution is -2.41. The van der Waals surface area contributed by atoms with Crippen LogP contribution >= 0.6 is 0 Å². The fourth-order valence-corrected chi connectivity index (χ4v) is 4.35. The monoisotopic (exact) mass is 328 g/mol. The number of carbonyl (C=O) groups excluding carboxylic acids is 2. The van der Waals surface area contributed by atoms with E-state index in [9.17, 15) is 9.59 Å². The van der Waals surface area contributed by atoms with Crippen LogP contribution < -0.4 is 0 Å². The van der Waals surface area contributed by atoms with Gasteiger partial charge in [0.25, 0.3) is 0 Å². The zero-order chi connectivity index (χ0) is 17.2. The summed E-state index contributed by atoms with van der Waals surface area (Å²) in [6.45, 7) is 7.80. The molecule has 0 bridgehead atoms. The highest BCUT2D eigenvalue weighted by Crippen LogP contribution is 2.45. The van der Waals surface area contributed by atoms with Gasteiger partial charge in [0.1, 0.15) is 0 Å². The number of rotatable bonds is 6. The maximum Gasteiger partial charge on any atom is 0.240 e. The topological polar surface area (TPSA) is 40.6 Å². The van der Waals surface area contributed by atoms with Gasteiger partial charge in [-0.3, -0.25) is 14.5 Å². The average molecular weight is 328 g/mol. The molecule has 0 radical (unpaired) electrons. The summed E-state index contributed by atoms with van der Waals surface area (Å²) in [4.78, 5) is 29.6. The molecule has 1 aromatic rings. The van der Waals surface area contributed by atoms with Gasteiger partial charge in [0.15, 0.2) is 0 Å². The number of hydrogen-bond donors (Lipinski definition) is 0. The molecule has 1 aromatic carbocycles. The number of fused-ring (bicyclic) bond motifs is 2. The first-order chi connectivity index (χ1) is 11.6. The predicted molar refractivity (Wildman–Crippen MR) is 94.8 cm³/mol. The van der Waals surface area contributed by atoms with Gasteiger partial charge in [-0.05, 0) is 56.4 Å². The fraction of sp³-hybridized carbons (Fsp3) is 0.600. The summed E-state index contributed by atoms with van der Waals surface area (Å²) in [5.41, 5.74) is 1.76. The molecule has 2 amide bonds. The minimum absolute atomic E-state index is 0.0104. The van der Waals surface area contributed by atoms with Gasteiger partial charge in [-0.15, -0.1) is 0 Å². The van der Waals surface area contributed by atoms with E-state index in [0.29, 0.717) is 13.0 Å². The zero-order valence-electron chi connectivity index (χ0n) is 14.9. The molecule has 4 nitrogen and oxygen atoms in total. The number of nitrogens with zero attached hydrogens (tertiary/aromatic N) is 2. The van der Waals surface area contributed by atoms with Crippen molar-refractivity contribution in [3.63, 3.8) is 0 Å². The van der Waals surface area contributed by atoms with Crippen molar-refractivity contribution in [2.75, 3.05) is 26.2 Å². The van der Waals surface area contributed by atoms with Gasteiger partial charge in [0.2, 0.25) is 11.8 Å². The van der Waals surface area contributed by atoms with Crippen LogP contribution in [0, 0.1) is 0 Å². The number of aryl methyl sites for hydroxylation is 1. The molecular formula is C20H28N2O2. The highest BCUT2D eigenvalue weighted by Gasteiger charge is 2.53. The van der Waals surface area contributed by atoms with Gasteiger partial charge in [0.05, 0.1) is 5.41 Å². The van der Waals surface area contributed by atoms with Crippen LogP contribution in [-0.2, 0) is 21.4 Å². The van der Waals surface area contributed by atoms with Crippen LogP contribution in [0.25, 0.3) is 0 Å². The van der Waals surface area contributed by atoms with E-state index in [1.165, 1.54) is 10.5 Å². The van der Waals surface area contributed by atoms with Crippen LogP contribution in [0.5, 0.6) is 0 Å². The molecule has 1 aliphatic heterocycles. The van der Waals surface area contributed by atoms with E-state index >= 15 is 0 Å². The molecule has 1 fully saturated rings. The van der Waals surface area contributed by atoms with Crippen molar-refractivity contribution in [1.29, 1.82) is 0 Å². The lowest BCUT2D eigenvalue weighted by atomic mass is 9.69. The van der Waals surface area contributed by atoms with Crippen molar-refractivity contribution in [2.24, 2.45) is 0 Å². The van der Waals surface area contributed by atoms with Crippen LogP contribution in [-0.4, -0.2) is 47.8 Å². The summed E-state index contributed by atoms with van der Waals surface area (Å²) in [5.74, 6) is 0.0513. The number of amides is 2. The Hall–Kier alpha value is -1.68. The molecule has 1 atom stereocenters. The molecule has 130 valence electrons. The molecule has 1 spiro atoms. The number of benzene rings is 1. The highest BCUT2D eigenvalue weighted by molar-refractivity contribution is 6.09. The Kier molecular flexibility index (Phi) is 5.04. The number of likely N-dealkylation sites (tertiary alicyclic amines) is 1. The Balaban J connectivity index is 1.75. The maximum absolute atomic E-state index is 13.2. The first-order valence-electron chi connectivity index (χ1n) is 9.28. The summed E-state index contributed by atoms with van der Waals surface area (Å²) < 4.78 is 0. The zero-order valence-corrected chi connectivity index (χ0v) is 14.9. The Bertz CT molecular complexity index is 624. The third kappa shape index (κ3) is 2.88. The molecule has 1 aliphatic carbocycles. The highest BCUT2D eigenvalue weighted by atomic mass is 16.2. The number of carbonyl (C=O) groups is 2. The lowest BCUT2D eigenvalue weighted by molar-refractivity contribution is -0.140. The molecular weight excluding hydrogens is 300 g/mol. The Morgan fingerprint density at radius 3 is 2.67 bits per heavy atom. The first kappa shape index (κ1) is 17.2. The Morgan fingerprint density at radius 1 is 1.17 bits per heavy atom. The first-order valence-corrected chi connectivity index (χ1v) is 9.28. The van der Waals surface area contributed by atoms with Crippen molar-refractivity contribution >= 4 is 11.8 Å². The molecule has 0 unspecified atom stereocenters. The van der Waals surface area contributed by atoms with E-state index < -0.39 is 5.41 Å². The third-order valence-corrected chi connectivity index (χ3v) is 5.74. The molecule has 1 heterocycles. The van der Waals surface area contributed by atoms with E-state index in [4.69, 9.17) is 0 Å². The smallest absolute Gasteiger partial charge is 0.240 e. The summed E-state index contributed by atoms with van der Waals surface area (Å²) >= 11 is 0. The Morgan fingerprint density at radius 2 is 1.92 bits per heavy atom. The SMILES string of the molecule is CCN(CC)CCCN1C(=O)C[C@@]2(CCCc3ccccc32)C1=O.